The van der Waals surface area contributed by atoms with Crippen molar-refractivity contribution in [2.75, 3.05) is 13.1 Å². The first-order chi connectivity index (χ1) is 6.75. The highest BCUT2D eigenvalue weighted by Gasteiger charge is 2.19. The molecule has 1 unspecified atom stereocenters. The molecule has 1 aliphatic rings. The Morgan fingerprint density at radius 1 is 1.36 bits per heavy atom. The van der Waals surface area contributed by atoms with Gasteiger partial charge >= 0.3 is 0 Å². The molecule has 14 heavy (non-hydrogen) atoms. The van der Waals surface area contributed by atoms with E-state index in [-0.39, 0.29) is 6.10 Å². The molecule has 1 N–H and O–H groups in total. The summed E-state index contributed by atoms with van der Waals surface area (Å²) >= 11 is 0. The number of morpholine rings is 1. The summed E-state index contributed by atoms with van der Waals surface area (Å²) in [6.07, 6.45) is 0.535. The van der Waals surface area contributed by atoms with Gasteiger partial charge in [0.05, 0.1) is 12.2 Å². The standard InChI is InChI=1S/C12H17NO/c1-9-4-3-5-11(6-9)12-8-13-7-10(2)14-12/h3-6,10,12-13H,7-8H2,1-2H3/t10-,12?/m0/s1. The van der Waals surface area contributed by atoms with Crippen molar-refractivity contribution in [3.8, 4) is 0 Å². The van der Waals surface area contributed by atoms with Crippen molar-refractivity contribution >= 4 is 0 Å². The van der Waals surface area contributed by atoms with Crippen molar-refractivity contribution < 1.29 is 4.74 Å². The summed E-state index contributed by atoms with van der Waals surface area (Å²) in [7, 11) is 0. The fraction of sp³-hybridized carbons (Fsp3) is 0.500. The third-order valence-electron chi connectivity index (χ3n) is 2.57. The molecule has 0 saturated carbocycles. The Morgan fingerprint density at radius 2 is 2.21 bits per heavy atom. The van der Waals surface area contributed by atoms with Crippen LogP contribution < -0.4 is 5.32 Å². The molecule has 0 amide bonds. The molecule has 1 saturated heterocycles. The summed E-state index contributed by atoms with van der Waals surface area (Å²) in [5.74, 6) is 0. The van der Waals surface area contributed by atoms with Crippen molar-refractivity contribution in [2.45, 2.75) is 26.1 Å². The molecule has 1 heterocycles. The van der Waals surface area contributed by atoms with Crippen LogP contribution in [0.1, 0.15) is 24.2 Å². The summed E-state index contributed by atoms with van der Waals surface area (Å²) in [5, 5.41) is 3.38. The van der Waals surface area contributed by atoms with Gasteiger partial charge < -0.3 is 10.1 Å². The number of nitrogens with one attached hydrogen (secondary N) is 1. The van der Waals surface area contributed by atoms with Crippen LogP contribution >= 0.6 is 0 Å². The normalized spacial score (nSPS) is 27.6. The Morgan fingerprint density at radius 3 is 2.93 bits per heavy atom. The summed E-state index contributed by atoms with van der Waals surface area (Å²) in [5.41, 5.74) is 2.58. The average molecular weight is 191 g/mol. The van der Waals surface area contributed by atoms with Crippen LogP contribution in [0.15, 0.2) is 24.3 Å². The summed E-state index contributed by atoms with van der Waals surface area (Å²) < 4.78 is 5.86. The van der Waals surface area contributed by atoms with Crippen molar-refractivity contribution in [3.63, 3.8) is 0 Å². The van der Waals surface area contributed by atoms with Crippen LogP contribution in [0.2, 0.25) is 0 Å². The van der Waals surface area contributed by atoms with Gasteiger partial charge in [-0.3, -0.25) is 0 Å². The van der Waals surface area contributed by atoms with E-state index in [1.807, 2.05) is 0 Å². The van der Waals surface area contributed by atoms with Gasteiger partial charge in [0.1, 0.15) is 0 Å². The molecule has 0 aromatic heterocycles. The average Bonchev–Trinajstić information content (AvgIpc) is 2.18. The fourth-order valence-electron chi connectivity index (χ4n) is 1.86. The molecular formula is C12H17NO. The number of hydrogen-bond donors (Lipinski definition) is 1. The van der Waals surface area contributed by atoms with Gasteiger partial charge in [0.15, 0.2) is 0 Å². The van der Waals surface area contributed by atoms with Gasteiger partial charge in [0.2, 0.25) is 0 Å². The number of rotatable bonds is 1. The van der Waals surface area contributed by atoms with Crippen LogP contribution in [0.4, 0.5) is 0 Å². The lowest BCUT2D eigenvalue weighted by atomic mass is 10.1. The minimum absolute atomic E-state index is 0.221. The van der Waals surface area contributed by atoms with Gasteiger partial charge in [-0.15, -0.1) is 0 Å². The zero-order valence-corrected chi connectivity index (χ0v) is 8.79. The van der Waals surface area contributed by atoms with E-state index in [9.17, 15) is 0 Å². The topological polar surface area (TPSA) is 21.3 Å². The van der Waals surface area contributed by atoms with Gasteiger partial charge in [-0.2, -0.15) is 0 Å². The van der Waals surface area contributed by atoms with Gasteiger partial charge in [0, 0.05) is 13.1 Å². The van der Waals surface area contributed by atoms with E-state index in [0.29, 0.717) is 6.10 Å². The second kappa shape index (κ2) is 4.11. The number of hydrogen-bond acceptors (Lipinski definition) is 2. The van der Waals surface area contributed by atoms with E-state index in [0.717, 1.165) is 13.1 Å². The molecule has 1 aliphatic heterocycles. The zero-order chi connectivity index (χ0) is 9.97. The highest BCUT2D eigenvalue weighted by atomic mass is 16.5. The minimum atomic E-state index is 0.221. The van der Waals surface area contributed by atoms with Crippen LogP contribution in [-0.4, -0.2) is 19.2 Å². The molecule has 2 rings (SSSR count). The molecule has 0 bridgehead atoms. The fourth-order valence-corrected chi connectivity index (χ4v) is 1.86. The maximum Gasteiger partial charge on any atom is 0.0953 e. The van der Waals surface area contributed by atoms with Crippen LogP contribution in [0.5, 0.6) is 0 Å². The van der Waals surface area contributed by atoms with Crippen LogP contribution in [0, 0.1) is 6.92 Å². The third kappa shape index (κ3) is 2.14. The molecule has 0 radical (unpaired) electrons. The Kier molecular flexibility index (Phi) is 2.85. The van der Waals surface area contributed by atoms with Crippen molar-refractivity contribution in [2.24, 2.45) is 0 Å². The predicted octanol–water partition coefficient (Wildman–Crippen LogP) is 2.04. The monoisotopic (exact) mass is 191 g/mol. The van der Waals surface area contributed by atoms with E-state index in [1.54, 1.807) is 0 Å². The number of aryl methyl sites for hydroxylation is 1. The lowest BCUT2D eigenvalue weighted by Gasteiger charge is -2.29. The van der Waals surface area contributed by atoms with E-state index in [1.165, 1.54) is 11.1 Å². The highest BCUT2D eigenvalue weighted by molar-refractivity contribution is 5.24. The van der Waals surface area contributed by atoms with Crippen LogP contribution in [0.25, 0.3) is 0 Å². The maximum absolute atomic E-state index is 5.86. The first-order valence-corrected chi connectivity index (χ1v) is 5.18. The van der Waals surface area contributed by atoms with E-state index in [2.05, 4.69) is 43.4 Å². The quantitative estimate of drug-likeness (QED) is 0.733. The highest BCUT2D eigenvalue weighted by Crippen LogP contribution is 2.21. The van der Waals surface area contributed by atoms with Gasteiger partial charge in [-0.25, -0.2) is 0 Å². The Bertz CT molecular complexity index is 311. The summed E-state index contributed by atoms with van der Waals surface area (Å²) in [6, 6.07) is 8.54. The molecular weight excluding hydrogens is 174 g/mol. The lowest BCUT2D eigenvalue weighted by molar-refractivity contribution is -0.0287. The maximum atomic E-state index is 5.86. The van der Waals surface area contributed by atoms with E-state index < -0.39 is 0 Å². The second-order valence-corrected chi connectivity index (χ2v) is 4.01. The summed E-state index contributed by atoms with van der Waals surface area (Å²) in [4.78, 5) is 0. The molecule has 1 fully saturated rings. The first-order valence-electron chi connectivity index (χ1n) is 5.18. The predicted molar refractivity (Wildman–Crippen MR) is 57.3 cm³/mol. The van der Waals surface area contributed by atoms with Gasteiger partial charge in [-0.1, -0.05) is 29.8 Å². The van der Waals surface area contributed by atoms with Gasteiger partial charge in [0.25, 0.3) is 0 Å². The van der Waals surface area contributed by atoms with Crippen LogP contribution in [0.3, 0.4) is 0 Å². The smallest absolute Gasteiger partial charge is 0.0953 e. The van der Waals surface area contributed by atoms with Crippen molar-refractivity contribution in [3.05, 3.63) is 35.4 Å². The molecule has 2 atom stereocenters. The molecule has 2 heteroatoms. The minimum Gasteiger partial charge on any atom is -0.368 e. The first kappa shape index (κ1) is 9.69. The second-order valence-electron chi connectivity index (χ2n) is 4.01. The molecule has 0 spiro atoms. The molecule has 1 aromatic carbocycles. The largest absolute Gasteiger partial charge is 0.368 e. The Balaban J connectivity index is 2.14. The number of ether oxygens (including phenoxy) is 1. The van der Waals surface area contributed by atoms with Gasteiger partial charge in [-0.05, 0) is 19.4 Å². The zero-order valence-electron chi connectivity index (χ0n) is 8.79. The number of benzene rings is 1. The lowest BCUT2D eigenvalue weighted by Crippen LogP contribution is -2.38. The summed E-state index contributed by atoms with van der Waals surface area (Å²) in [6.45, 7) is 6.11. The third-order valence-corrected chi connectivity index (χ3v) is 2.57. The van der Waals surface area contributed by atoms with E-state index in [4.69, 9.17) is 4.74 Å². The molecule has 76 valence electrons. The van der Waals surface area contributed by atoms with Crippen molar-refractivity contribution in [1.29, 1.82) is 0 Å². The molecule has 0 aliphatic carbocycles. The Hall–Kier alpha value is -0.860. The molecule has 1 aromatic rings. The SMILES string of the molecule is Cc1cccc(C2CNC[C@H](C)O2)c1. The Labute approximate surface area is 85.3 Å². The molecule has 2 nitrogen and oxygen atoms in total. The van der Waals surface area contributed by atoms with Crippen molar-refractivity contribution in [1.82, 2.24) is 5.32 Å². The van der Waals surface area contributed by atoms with E-state index >= 15 is 0 Å². The van der Waals surface area contributed by atoms with Crippen LogP contribution in [-0.2, 0) is 4.74 Å².